The van der Waals surface area contributed by atoms with Crippen LogP contribution in [0.4, 0.5) is 5.69 Å². The van der Waals surface area contributed by atoms with Gasteiger partial charge < -0.3 is 25.3 Å². The SMILES string of the molecule is Cc1cc2cc(NC(=NC3CCCCN(CC(=O)N4CCCC4)C3=O)NC(=O)c3ccnc(C(=O)NC(=O)CC(N)=O)c3)ccc2o1. The molecule has 15 heteroatoms. The van der Waals surface area contributed by atoms with E-state index in [-0.39, 0.29) is 35.6 Å². The van der Waals surface area contributed by atoms with E-state index >= 15 is 0 Å². The third-order valence-electron chi connectivity index (χ3n) is 7.80. The first-order valence-corrected chi connectivity index (χ1v) is 15.4. The number of guanidine groups is 1. The number of likely N-dealkylation sites (tertiary alicyclic amines) is 2. The number of nitrogens with one attached hydrogen (secondary N) is 3. The molecule has 2 aliphatic rings. The second-order valence-electron chi connectivity index (χ2n) is 11.5. The van der Waals surface area contributed by atoms with Crippen molar-refractivity contribution in [2.24, 2.45) is 10.7 Å². The van der Waals surface area contributed by atoms with E-state index in [1.54, 1.807) is 23.1 Å². The highest BCUT2D eigenvalue weighted by atomic mass is 16.3. The van der Waals surface area contributed by atoms with Gasteiger partial charge in [0.05, 0.1) is 6.54 Å². The molecule has 15 nitrogen and oxygen atoms in total. The minimum Gasteiger partial charge on any atom is -0.461 e. The monoisotopic (exact) mass is 644 g/mol. The van der Waals surface area contributed by atoms with Crippen LogP contribution in [0.25, 0.3) is 11.0 Å². The van der Waals surface area contributed by atoms with Gasteiger partial charge in [0.25, 0.3) is 11.8 Å². The number of hydrogen-bond acceptors (Lipinski definition) is 9. The van der Waals surface area contributed by atoms with Crippen LogP contribution in [0, 0.1) is 6.92 Å². The zero-order chi connectivity index (χ0) is 33.5. The third kappa shape index (κ3) is 8.56. The molecule has 1 atom stereocenters. The molecule has 0 saturated carbocycles. The fourth-order valence-electron chi connectivity index (χ4n) is 5.50. The van der Waals surface area contributed by atoms with Gasteiger partial charge in [0.15, 0.2) is 0 Å². The van der Waals surface area contributed by atoms with Gasteiger partial charge in [-0.3, -0.25) is 44.4 Å². The molecule has 1 aromatic carbocycles. The number of imide groups is 1. The molecule has 2 aromatic heterocycles. The van der Waals surface area contributed by atoms with Gasteiger partial charge in [-0.15, -0.1) is 0 Å². The molecule has 5 rings (SSSR count). The third-order valence-corrected chi connectivity index (χ3v) is 7.80. The van der Waals surface area contributed by atoms with Gasteiger partial charge in [0.1, 0.15) is 29.5 Å². The van der Waals surface area contributed by atoms with E-state index < -0.39 is 36.1 Å². The van der Waals surface area contributed by atoms with E-state index in [0.717, 1.165) is 24.0 Å². The number of benzene rings is 1. The second-order valence-corrected chi connectivity index (χ2v) is 11.5. The number of aliphatic imine (C=N–C) groups is 1. The molecule has 1 unspecified atom stereocenters. The van der Waals surface area contributed by atoms with Crippen LogP contribution in [0.2, 0.25) is 0 Å². The number of primary amides is 1. The Bertz CT molecular complexity index is 1740. The van der Waals surface area contributed by atoms with Gasteiger partial charge in [-0.25, -0.2) is 4.99 Å². The highest BCUT2D eigenvalue weighted by molar-refractivity contribution is 6.12. The predicted molar refractivity (Wildman–Crippen MR) is 170 cm³/mol. The van der Waals surface area contributed by atoms with Gasteiger partial charge in [0, 0.05) is 42.5 Å². The van der Waals surface area contributed by atoms with Crippen LogP contribution in [-0.2, 0) is 19.2 Å². The average molecular weight is 645 g/mol. The summed E-state index contributed by atoms with van der Waals surface area (Å²) in [6.45, 7) is 3.60. The quantitative estimate of drug-likeness (QED) is 0.159. The molecule has 47 heavy (non-hydrogen) atoms. The summed E-state index contributed by atoms with van der Waals surface area (Å²) in [5.41, 5.74) is 5.98. The molecule has 0 radical (unpaired) electrons. The molecule has 0 spiro atoms. The summed E-state index contributed by atoms with van der Waals surface area (Å²) < 4.78 is 5.66. The highest BCUT2D eigenvalue weighted by Crippen LogP contribution is 2.23. The zero-order valence-corrected chi connectivity index (χ0v) is 25.9. The fourth-order valence-corrected chi connectivity index (χ4v) is 5.50. The minimum atomic E-state index is -0.922. The van der Waals surface area contributed by atoms with Crippen LogP contribution in [0.5, 0.6) is 0 Å². The number of hydrogen-bond donors (Lipinski definition) is 4. The molecular formula is C32H36N8O7. The van der Waals surface area contributed by atoms with Gasteiger partial charge >= 0.3 is 0 Å². The Labute approximate surface area is 269 Å². The normalized spacial score (nSPS) is 16.9. The molecular weight excluding hydrogens is 608 g/mol. The smallest absolute Gasteiger partial charge is 0.276 e. The van der Waals surface area contributed by atoms with Crippen LogP contribution < -0.4 is 21.7 Å². The molecule has 0 bridgehead atoms. The molecule has 0 aliphatic carbocycles. The summed E-state index contributed by atoms with van der Waals surface area (Å²) in [7, 11) is 0. The highest BCUT2D eigenvalue weighted by Gasteiger charge is 2.30. The molecule has 2 saturated heterocycles. The number of anilines is 1. The van der Waals surface area contributed by atoms with Gasteiger partial charge in [-0.1, -0.05) is 0 Å². The average Bonchev–Trinajstić information content (AvgIpc) is 3.67. The topological polar surface area (TPSA) is 209 Å². The maximum atomic E-state index is 13.7. The summed E-state index contributed by atoms with van der Waals surface area (Å²) in [6, 6.07) is 8.82. The Morgan fingerprint density at radius 1 is 0.979 bits per heavy atom. The van der Waals surface area contributed by atoms with Crippen molar-refractivity contribution in [1.29, 1.82) is 0 Å². The van der Waals surface area contributed by atoms with Crippen LogP contribution in [0.3, 0.4) is 0 Å². The van der Waals surface area contributed by atoms with Gasteiger partial charge in [0.2, 0.25) is 29.6 Å². The van der Waals surface area contributed by atoms with Crippen LogP contribution in [-0.4, -0.2) is 88.4 Å². The van der Waals surface area contributed by atoms with Crippen molar-refractivity contribution in [3.05, 3.63) is 59.6 Å². The molecule has 4 heterocycles. The molecule has 6 amide bonds. The Hall–Kier alpha value is -5.60. The van der Waals surface area contributed by atoms with Gasteiger partial charge in [-0.05, 0) is 75.4 Å². The number of aromatic nitrogens is 1. The lowest BCUT2D eigenvalue weighted by atomic mass is 10.1. The first-order valence-electron chi connectivity index (χ1n) is 15.4. The number of fused-ring (bicyclic) bond motifs is 1. The molecule has 5 N–H and O–H groups in total. The van der Waals surface area contributed by atoms with Crippen molar-refractivity contribution in [2.45, 2.75) is 51.5 Å². The lowest BCUT2D eigenvalue weighted by Crippen LogP contribution is -2.45. The molecule has 2 fully saturated rings. The van der Waals surface area contributed by atoms with Crippen molar-refractivity contribution >= 4 is 58.1 Å². The van der Waals surface area contributed by atoms with E-state index in [9.17, 15) is 28.8 Å². The van der Waals surface area contributed by atoms with Crippen molar-refractivity contribution in [1.82, 2.24) is 25.4 Å². The molecule has 3 aromatic rings. The number of amides is 6. The Morgan fingerprint density at radius 2 is 1.74 bits per heavy atom. The predicted octanol–water partition coefficient (Wildman–Crippen LogP) is 1.47. The van der Waals surface area contributed by atoms with Crippen molar-refractivity contribution < 1.29 is 33.2 Å². The number of carbonyl (C=O) groups excluding carboxylic acids is 6. The van der Waals surface area contributed by atoms with E-state index in [1.165, 1.54) is 23.2 Å². The van der Waals surface area contributed by atoms with Crippen LogP contribution in [0.1, 0.15) is 65.1 Å². The fraction of sp³-hybridized carbons (Fsp3) is 0.375. The maximum Gasteiger partial charge on any atom is 0.276 e. The summed E-state index contributed by atoms with van der Waals surface area (Å²) in [5.74, 6) is -3.13. The van der Waals surface area contributed by atoms with Crippen molar-refractivity contribution in [3.63, 3.8) is 0 Å². The summed E-state index contributed by atoms with van der Waals surface area (Å²) in [6.07, 6.45) is 4.23. The van der Waals surface area contributed by atoms with E-state index in [0.29, 0.717) is 50.2 Å². The lowest BCUT2D eigenvalue weighted by Gasteiger charge is -2.25. The number of aryl methyl sites for hydroxylation is 1. The van der Waals surface area contributed by atoms with E-state index in [2.05, 4.69) is 20.6 Å². The van der Waals surface area contributed by atoms with Crippen molar-refractivity contribution in [2.75, 3.05) is 31.5 Å². The number of carbonyl (C=O) groups is 6. The maximum absolute atomic E-state index is 13.7. The Kier molecular flexibility index (Phi) is 10.2. The number of nitrogens with two attached hydrogens (primary N) is 1. The molecule has 2 aliphatic heterocycles. The lowest BCUT2D eigenvalue weighted by molar-refractivity contribution is -0.140. The number of nitrogens with zero attached hydrogens (tertiary/aromatic N) is 4. The number of pyridine rings is 1. The minimum absolute atomic E-state index is 0.00735. The van der Waals surface area contributed by atoms with Crippen molar-refractivity contribution in [3.8, 4) is 0 Å². The Balaban J connectivity index is 1.38. The van der Waals surface area contributed by atoms with E-state index in [4.69, 9.17) is 10.2 Å². The largest absolute Gasteiger partial charge is 0.461 e. The Morgan fingerprint density at radius 3 is 2.51 bits per heavy atom. The zero-order valence-electron chi connectivity index (χ0n) is 25.9. The second kappa shape index (κ2) is 14.7. The first-order chi connectivity index (χ1) is 22.5. The van der Waals surface area contributed by atoms with Crippen LogP contribution >= 0.6 is 0 Å². The summed E-state index contributed by atoms with van der Waals surface area (Å²) >= 11 is 0. The van der Waals surface area contributed by atoms with Crippen LogP contribution in [0.15, 0.2) is 52.0 Å². The van der Waals surface area contributed by atoms with Gasteiger partial charge in [-0.2, -0.15) is 0 Å². The number of rotatable bonds is 8. The number of furan rings is 1. The van der Waals surface area contributed by atoms with E-state index in [1.807, 2.05) is 18.3 Å². The summed E-state index contributed by atoms with van der Waals surface area (Å²) in [4.78, 5) is 87.2. The standard InChI is InChI=1S/C32H36N8O7/c1-19-14-21-15-22(7-8-25(21)47-19)35-32(36-23-6-2-3-13-40(31(23)46)18-28(43)39-11-4-5-12-39)38-29(44)20-9-10-34-24(16-20)30(45)37-27(42)17-26(33)41/h7-10,14-16,23H,2-6,11-13,17-18H2,1H3,(H2,33,41)(H,37,42,45)(H2,35,36,38,44). The molecule has 246 valence electrons. The summed E-state index contributed by atoms with van der Waals surface area (Å²) in [5, 5.41) is 8.61. The first kappa shape index (κ1) is 32.8.